The van der Waals surface area contributed by atoms with Crippen molar-refractivity contribution in [2.45, 2.75) is 0 Å². The first kappa shape index (κ1) is 6.68. The molecule has 0 fully saturated rings. The van der Waals surface area contributed by atoms with Crippen LogP contribution in [0.15, 0.2) is 27.5 Å². The maximum atomic E-state index is 10.9. The van der Waals surface area contributed by atoms with Crippen LogP contribution >= 0.6 is 0 Å². The van der Waals surface area contributed by atoms with Gasteiger partial charge in [0.1, 0.15) is 0 Å². The first-order valence-corrected chi connectivity index (χ1v) is 3.32. The molecule has 0 saturated carbocycles. The monoisotopic (exact) mass is 160 g/mol. The number of H-pyrrole nitrogens is 1. The number of fused-ring (bicyclic) bond motifs is 1. The highest BCUT2D eigenvalue weighted by Crippen LogP contribution is 2.09. The number of nitrogens with one attached hydrogen (secondary N) is 1. The molecule has 0 aliphatic carbocycles. The second-order valence-electron chi connectivity index (χ2n) is 2.36. The van der Waals surface area contributed by atoms with E-state index in [0.29, 0.717) is 16.5 Å². The Morgan fingerprint density at radius 3 is 3.08 bits per heavy atom. The molecule has 4 heteroatoms. The Bertz CT molecular complexity index is 516. The Kier molecular flexibility index (Phi) is 1.25. The molecule has 12 heavy (non-hydrogen) atoms. The first-order valence-electron chi connectivity index (χ1n) is 3.32. The molecule has 1 aromatic heterocycles. The quantitative estimate of drug-likeness (QED) is 0.624. The van der Waals surface area contributed by atoms with Gasteiger partial charge in [-0.15, -0.1) is 0 Å². The van der Waals surface area contributed by atoms with E-state index >= 15 is 0 Å². The van der Waals surface area contributed by atoms with E-state index in [2.05, 4.69) is 9.68 Å². The molecule has 0 unspecified atom stereocenters. The predicted molar refractivity (Wildman–Crippen MR) is 41.5 cm³/mol. The molecule has 0 bridgehead atoms. The average molecular weight is 160 g/mol. The van der Waals surface area contributed by atoms with Crippen molar-refractivity contribution in [1.29, 1.82) is 5.26 Å². The van der Waals surface area contributed by atoms with Crippen molar-refractivity contribution in [3.63, 3.8) is 0 Å². The molecular formula is C8H4N2O2. The molecule has 2 rings (SSSR count). The summed E-state index contributed by atoms with van der Waals surface area (Å²) in [5, 5.41) is 11.4. The van der Waals surface area contributed by atoms with Crippen LogP contribution in [0.4, 0.5) is 0 Å². The third-order valence-electron chi connectivity index (χ3n) is 1.62. The fourth-order valence-corrected chi connectivity index (χ4v) is 1.03. The standard InChI is InChI=1S/C8H4N2O2/c9-4-5-1-2-6-7(3-5)10-12-8(6)11/h1-3,10H. The first-order chi connectivity index (χ1) is 5.81. The average Bonchev–Trinajstić information content (AvgIpc) is 2.47. The van der Waals surface area contributed by atoms with E-state index < -0.39 is 5.63 Å². The summed E-state index contributed by atoms with van der Waals surface area (Å²) in [6.45, 7) is 0. The van der Waals surface area contributed by atoms with Crippen LogP contribution in [-0.4, -0.2) is 5.16 Å². The summed E-state index contributed by atoms with van der Waals surface area (Å²) in [7, 11) is 0. The second kappa shape index (κ2) is 2.24. The molecule has 1 heterocycles. The highest BCUT2D eigenvalue weighted by Gasteiger charge is 2.02. The molecule has 0 radical (unpaired) electrons. The molecule has 0 aliphatic heterocycles. The van der Waals surface area contributed by atoms with Crippen molar-refractivity contribution >= 4 is 10.9 Å². The third-order valence-corrected chi connectivity index (χ3v) is 1.62. The number of nitrogens with zero attached hydrogens (tertiary/aromatic N) is 1. The Morgan fingerprint density at radius 2 is 2.33 bits per heavy atom. The van der Waals surface area contributed by atoms with Crippen LogP contribution in [0, 0.1) is 11.3 Å². The van der Waals surface area contributed by atoms with E-state index in [1.54, 1.807) is 18.2 Å². The van der Waals surface area contributed by atoms with Crippen LogP contribution in [0.2, 0.25) is 0 Å². The maximum Gasteiger partial charge on any atom is 0.365 e. The topological polar surface area (TPSA) is 69.8 Å². The number of nitriles is 1. The highest BCUT2D eigenvalue weighted by molar-refractivity contribution is 5.78. The van der Waals surface area contributed by atoms with E-state index in [1.165, 1.54) is 0 Å². The molecule has 0 atom stereocenters. The molecule has 2 aromatic rings. The number of aromatic amines is 1. The summed E-state index contributed by atoms with van der Waals surface area (Å²) in [5.41, 5.74) is 0.646. The molecule has 0 saturated heterocycles. The lowest BCUT2D eigenvalue weighted by molar-refractivity contribution is 0.400. The van der Waals surface area contributed by atoms with Gasteiger partial charge in [-0.2, -0.15) is 5.26 Å². The Balaban J connectivity index is 2.89. The minimum atomic E-state index is -0.408. The fraction of sp³-hybridized carbons (Fsp3) is 0. The minimum Gasteiger partial charge on any atom is -0.338 e. The Hall–Kier alpha value is -2.02. The van der Waals surface area contributed by atoms with Crippen LogP contribution in [0.5, 0.6) is 0 Å². The van der Waals surface area contributed by atoms with Gasteiger partial charge >= 0.3 is 5.63 Å². The maximum absolute atomic E-state index is 10.9. The highest BCUT2D eigenvalue weighted by atomic mass is 16.5. The van der Waals surface area contributed by atoms with Gasteiger partial charge in [0.25, 0.3) is 0 Å². The van der Waals surface area contributed by atoms with Crippen LogP contribution < -0.4 is 5.63 Å². The molecule has 1 aromatic carbocycles. The number of rotatable bonds is 0. The SMILES string of the molecule is N#Cc1ccc2c(=O)o[nH]c2c1. The lowest BCUT2D eigenvalue weighted by Gasteiger charge is -1.85. The van der Waals surface area contributed by atoms with Crippen LogP contribution in [0.3, 0.4) is 0 Å². The van der Waals surface area contributed by atoms with Gasteiger partial charge in [-0.25, -0.2) is 9.95 Å². The Morgan fingerprint density at radius 1 is 1.50 bits per heavy atom. The number of hydrogen-bond acceptors (Lipinski definition) is 3. The smallest absolute Gasteiger partial charge is 0.338 e. The molecule has 0 aliphatic rings. The number of hydrogen-bond donors (Lipinski definition) is 1. The minimum absolute atomic E-state index is 0.408. The molecule has 0 amide bonds. The van der Waals surface area contributed by atoms with Gasteiger partial charge in [0, 0.05) is 0 Å². The lowest BCUT2D eigenvalue weighted by atomic mass is 10.2. The van der Waals surface area contributed by atoms with Crippen molar-refractivity contribution in [1.82, 2.24) is 5.16 Å². The second-order valence-corrected chi connectivity index (χ2v) is 2.36. The predicted octanol–water partition coefficient (Wildman–Crippen LogP) is 0.993. The van der Waals surface area contributed by atoms with Crippen LogP contribution in [0.25, 0.3) is 10.9 Å². The zero-order valence-corrected chi connectivity index (χ0v) is 6.00. The zero-order chi connectivity index (χ0) is 8.55. The lowest BCUT2D eigenvalue weighted by Crippen LogP contribution is -1.89. The van der Waals surface area contributed by atoms with Crippen molar-refractivity contribution in [2.75, 3.05) is 0 Å². The van der Waals surface area contributed by atoms with Crippen LogP contribution in [0.1, 0.15) is 5.56 Å². The van der Waals surface area contributed by atoms with Gasteiger partial charge in [-0.1, -0.05) is 0 Å². The summed E-state index contributed by atoms with van der Waals surface area (Å²) in [5.74, 6) is 0. The van der Waals surface area contributed by atoms with Crippen molar-refractivity contribution < 1.29 is 4.52 Å². The largest absolute Gasteiger partial charge is 0.365 e. The van der Waals surface area contributed by atoms with Gasteiger partial charge in [0.2, 0.25) is 0 Å². The van der Waals surface area contributed by atoms with Crippen molar-refractivity contribution in [3.05, 3.63) is 34.2 Å². The fourth-order valence-electron chi connectivity index (χ4n) is 1.03. The number of aromatic nitrogens is 1. The van der Waals surface area contributed by atoms with Crippen molar-refractivity contribution in [2.24, 2.45) is 0 Å². The van der Waals surface area contributed by atoms with Gasteiger partial charge in [0.15, 0.2) is 0 Å². The normalized spacial score (nSPS) is 9.92. The molecule has 58 valence electrons. The van der Waals surface area contributed by atoms with Crippen LogP contribution in [-0.2, 0) is 0 Å². The van der Waals surface area contributed by atoms with Gasteiger partial charge < -0.3 is 4.52 Å². The molecule has 0 spiro atoms. The van der Waals surface area contributed by atoms with Gasteiger partial charge in [-0.3, -0.25) is 0 Å². The van der Waals surface area contributed by atoms with Crippen molar-refractivity contribution in [3.8, 4) is 6.07 Å². The molecular weight excluding hydrogens is 156 g/mol. The zero-order valence-electron chi connectivity index (χ0n) is 6.00. The Labute approximate surface area is 67.0 Å². The van der Waals surface area contributed by atoms with E-state index in [-0.39, 0.29) is 0 Å². The van der Waals surface area contributed by atoms with Gasteiger partial charge in [0.05, 0.1) is 22.5 Å². The third kappa shape index (κ3) is 0.805. The van der Waals surface area contributed by atoms with Gasteiger partial charge in [-0.05, 0) is 18.2 Å². The summed E-state index contributed by atoms with van der Waals surface area (Å²) in [6.07, 6.45) is 0. The van der Waals surface area contributed by atoms with E-state index in [9.17, 15) is 4.79 Å². The van der Waals surface area contributed by atoms with E-state index in [4.69, 9.17) is 5.26 Å². The molecule has 1 N–H and O–H groups in total. The van der Waals surface area contributed by atoms with E-state index in [0.717, 1.165) is 0 Å². The molecule has 4 nitrogen and oxygen atoms in total. The number of benzene rings is 1. The van der Waals surface area contributed by atoms with E-state index in [1.807, 2.05) is 6.07 Å². The summed E-state index contributed by atoms with van der Waals surface area (Å²) in [6, 6.07) is 6.68. The summed E-state index contributed by atoms with van der Waals surface area (Å²) in [4.78, 5) is 10.9. The summed E-state index contributed by atoms with van der Waals surface area (Å²) < 4.78 is 4.52. The summed E-state index contributed by atoms with van der Waals surface area (Å²) >= 11 is 0.